The van der Waals surface area contributed by atoms with Gasteiger partial charge >= 0.3 is 12.4 Å². The summed E-state index contributed by atoms with van der Waals surface area (Å²) in [5.74, 6) is -1.71. The number of aliphatic imine (C=N–C) groups is 1. The normalized spacial score (nSPS) is 13.3. The standard InChI is InChI=1S/C15H16F6N4O2/c1-25(7-14(16,17)18)11(5-12(27)24-13(22)23)10-4-9(15(19,20)21)3-2-8(10)6-26/h2-4,6,11H,5,7H2,1H3,(H4,22,23,24,27)/t11-/m0/s1. The Morgan fingerprint density at radius 2 is 1.81 bits per heavy atom. The summed E-state index contributed by atoms with van der Waals surface area (Å²) in [6, 6.07) is 0.449. The lowest BCUT2D eigenvalue weighted by Gasteiger charge is -2.29. The first-order valence-corrected chi connectivity index (χ1v) is 7.30. The molecule has 4 N–H and O–H groups in total. The van der Waals surface area contributed by atoms with Crippen molar-refractivity contribution < 1.29 is 35.9 Å². The van der Waals surface area contributed by atoms with Gasteiger partial charge in [0.05, 0.1) is 12.1 Å². The van der Waals surface area contributed by atoms with Gasteiger partial charge in [0.1, 0.15) is 6.29 Å². The van der Waals surface area contributed by atoms with Crippen LogP contribution in [0.25, 0.3) is 0 Å². The zero-order valence-electron chi connectivity index (χ0n) is 13.9. The molecule has 0 radical (unpaired) electrons. The first-order valence-electron chi connectivity index (χ1n) is 7.30. The van der Waals surface area contributed by atoms with Crippen molar-refractivity contribution in [2.75, 3.05) is 13.6 Å². The zero-order valence-corrected chi connectivity index (χ0v) is 13.9. The minimum Gasteiger partial charge on any atom is -0.370 e. The van der Waals surface area contributed by atoms with Gasteiger partial charge in [-0.25, -0.2) is 0 Å². The molecule has 1 amide bonds. The molecule has 0 fully saturated rings. The fourth-order valence-corrected chi connectivity index (χ4v) is 2.40. The van der Waals surface area contributed by atoms with Crippen LogP contribution in [0.4, 0.5) is 26.3 Å². The number of amides is 1. The fraction of sp³-hybridized carbons (Fsp3) is 0.400. The molecular formula is C15H16F6N4O2. The molecule has 0 unspecified atom stereocenters. The van der Waals surface area contributed by atoms with Crippen molar-refractivity contribution in [1.29, 1.82) is 0 Å². The van der Waals surface area contributed by atoms with Crippen LogP contribution in [0.5, 0.6) is 0 Å². The number of hydrogen-bond acceptors (Lipinski definition) is 3. The van der Waals surface area contributed by atoms with E-state index in [-0.39, 0.29) is 11.8 Å². The Balaban J connectivity index is 3.46. The van der Waals surface area contributed by atoms with Crippen molar-refractivity contribution in [3.05, 3.63) is 34.9 Å². The Kier molecular flexibility index (Phi) is 6.95. The second-order valence-corrected chi connectivity index (χ2v) is 5.64. The second kappa shape index (κ2) is 8.37. The maximum atomic E-state index is 13.0. The minimum absolute atomic E-state index is 0.189. The summed E-state index contributed by atoms with van der Waals surface area (Å²) in [7, 11) is 0.954. The highest BCUT2D eigenvalue weighted by Gasteiger charge is 2.36. The number of carbonyl (C=O) groups is 2. The van der Waals surface area contributed by atoms with E-state index >= 15 is 0 Å². The predicted molar refractivity (Wildman–Crippen MR) is 83.7 cm³/mol. The molecule has 0 aromatic heterocycles. The Hall–Kier alpha value is -2.63. The first-order chi connectivity index (χ1) is 12.2. The number of halogens is 6. The lowest BCUT2D eigenvalue weighted by molar-refractivity contribution is -0.149. The molecule has 0 saturated heterocycles. The number of carbonyl (C=O) groups excluding carboxylic acids is 2. The van der Waals surface area contributed by atoms with Crippen LogP contribution in [0.2, 0.25) is 0 Å². The molecule has 1 aromatic rings. The van der Waals surface area contributed by atoms with E-state index in [9.17, 15) is 35.9 Å². The number of nitrogens with zero attached hydrogens (tertiary/aromatic N) is 2. The SMILES string of the molecule is CN(CC(F)(F)F)[C@@H](CC(=O)N=C(N)N)c1cc(C(F)(F)F)ccc1C=O. The van der Waals surface area contributed by atoms with Gasteiger partial charge in [-0.1, -0.05) is 6.07 Å². The summed E-state index contributed by atoms with van der Waals surface area (Å²) < 4.78 is 77.1. The van der Waals surface area contributed by atoms with E-state index < -0.39 is 54.4 Å². The smallest absolute Gasteiger partial charge is 0.370 e. The van der Waals surface area contributed by atoms with Crippen LogP contribution in [0, 0.1) is 0 Å². The highest BCUT2D eigenvalue weighted by Crippen LogP contribution is 2.35. The highest BCUT2D eigenvalue weighted by atomic mass is 19.4. The van der Waals surface area contributed by atoms with Crippen molar-refractivity contribution in [2.24, 2.45) is 16.5 Å². The third kappa shape index (κ3) is 6.89. The summed E-state index contributed by atoms with van der Waals surface area (Å²) in [6.45, 7) is -1.54. The van der Waals surface area contributed by atoms with Gasteiger partial charge in [-0.2, -0.15) is 31.3 Å². The Labute approximate surface area is 149 Å². The van der Waals surface area contributed by atoms with E-state index in [4.69, 9.17) is 11.5 Å². The summed E-state index contributed by atoms with van der Waals surface area (Å²) in [4.78, 5) is 26.8. The predicted octanol–water partition coefficient (Wildman–Crippen LogP) is 2.24. The topological polar surface area (TPSA) is 102 Å². The van der Waals surface area contributed by atoms with E-state index in [0.29, 0.717) is 17.0 Å². The van der Waals surface area contributed by atoms with Crippen molar-refractivity contribution in [3.63, 3.8) is 0 Å². The molecule has 1 rings (SSSR count). The highest BCUT2D eigenvalue weighted by molar-refractivity contribution is 5.92. The number of hydrogen-bond donors (Lipinski definition) is 2. The molecule has 0 aliphatic heterocycles. The molecule has 0 saturated carbocycles. The largest absolute Gasteiger partial charge is 0.416 e. The maximum absolute atomic E-state index is 13.0. The number of nitrogens with two attached hydrogens (primary N) is 2. The Bertz CT molecular complexity index is 726. The van der Waals surface area contributed by atoms with E-state index in [1.807, 2.05) is 0 Å². The monoisotopic (exact) mass is 398 g/mol. The number of aldehydes is 1. The van der Waals surface area contributed by atoms with Gasteiger partial charge in [0, 0.05) is 18.0 Å². The number of alkyl halides is 6. The number of rotatable bonds is 6. The van der Waals surface area contributed by atoms with Crippen LogP contribution in [0.3, 0.4) is 0 Å². The van der Waals surface area contributed by atoms with Gasteiger partial charge in [0.2, 0.25) is 0 Å². The Morgan fingerprint density at radius 3 is 2.26 bits per heavy atom. The summed E-state index contributed by atoms with van der Waals surface area (Å²) in [6.07, 6.45) is -10.1. The van der Waals surface area contributed by atoms with Crippen LogP contribution >= 0.6 is 0 Å². The second-order valence-electron chi connectivity index (χ2n) is 5.64. The molecular weight excluding hydrogens is 382 g/mol. The van der Waals surface area contributed by atoms with Crippen LogP contribution in [0.15, 0.2) is 23.2 Å². The molecule has 1 aromatic carbocycles. The van der Waals surface area contributed by atoms with Crippen molar-refractivity contribution >= 4 is 18.2 Å². The quantitative estimate of drug-likeness (QED) is 0.331. The lowest BCUT2D eigenvalue weighted by atomic mass is 9.94. The molecule has 0 spiro atoms. The van der Waals surface area contributed by atoms with Gasteiger partial charge in [0.15, 0.2) is 5.96 Å². The molecule has 1 atom stereocenters. The molecule has 0 aliphatic carbocycles. The van der Waals surface area contributed by atoms with Crippen molar-refractivity contribution in [3.8, 4) is 0 Å². The van der Waals surface area contributed by atoms with Gasteiger partial charge < -0.3 is 11.5 Å². The molecule has 150 valence electrons. The molecule has 12 heteroatoms. The summed E-state index contributed by atoms with van der Waals surface area (Å²) in [5.41, 5.74) is 8.19. The average molecular weight is 398 g/mol. The van der Waals surface area contributed by atoms with Crippen LogP contribution in [-0.2, 0) is 11.0 Å². The maximum Gasteiger partial charge on any atom is 0.416 e. The molecule has 0 heterocycles. The van der Waals surface area contributed by atoms with E-state index in [1.54, 1.807) is 0 Å². The molecule has 27 heavy (non-hydrogen) atoms. The van der Waals surface area contributed by atoms with Crippen LogP contribution < -0.4 is 11.5 Å². The average Bonchev–Trinajstić information content (AvgIpc) is 2.48. The van der Waals surface area contributed by atoms with Gasteiger partial charge in [-0.15, -0.1) is 0 Å². The summed E-state index contributed by atoms with van der Waals surface area (Å²) >= 11 is 0. The van der Waals surface area contributed by atoms with E-state index in [2.05, 4.69) is 4.99 Å². The molecule has 6 nitrogen and oxygen atoms in total. The van der Waals surface area contributed by atoms with Gasteiger partial charge in [-0.3, -0.25) is 14.5 Å². The molecule has 0 aliphatic rings. The van der Waals surface area contributed by atoms with Gasteiger partial charge in [0.25, 0.3) is 5.91 Å². The lowest BCUT2D eigenvalue weighted by Crippen LogP contribution is -2.36. The zero-order chi connectivity index (χ0) is 21.0. The van der Waals surface area contributed by atoms with Crippen molar-refractivity contribution in [2.45, 2.75) is 24.8 Å². The summed E-state index contributed by atoms with van der Waals surface area (Å²) in [5, 5.41) is 0. The number of guanidine groups is 1. The van der Waals surface area contributed by atoms with E-state index in [1.165, 1.54) is 0 Å². The third-order valence-electron chi connectivity index (χ3n) is 3.48. The number of benzene rings is 1. The van der Waals surface area contributed by atoms with Crippen LogP contribution in [0.1, 0.15) is 33.9 Å². The first kappa shape index (κ1) is 22.4. The van der Waals surface area contributed by atoms with Gasteiger partial charge in [-0.05, 0) is 24.7 Å². The minimum atomic E-state index is -4.80. The van der Waals surface area contributed by atoms with Crippen molar-refractivity contribution in [1.82, 2.24) is 4.90 Å². The molecule has 0 bridgehead atoms. The third-order valence-corrected chi connectivity index (χ3v) is 3.48. The van der Waals surface area contributed by atoms with E-state index in [0.717, 1.165) is 13.1 Å². The fourth-order valence-electron chi connectivity index (χ4n) is 2.40. The van der Waals surface area contributed by atoms with Crippen LogP contribution in [-0.4, -0.2) is 42.8 Å². The Morgan fingerprint density at radius 1 is 1.22 bits per heavy atom.